The van der Waals surface area contributed by atoms with Gasteiger partial charge in [-0.25, -0.2) is 14.4 Å². The van der Waals surface area contributed by atoms with Gasteiger partial charge in [-0.15, -0.1) is 0 Å². The molecule has 4 nitrogen and oxygen atoms in total. The van der Waals surface area contributed by atoms with E-state index in [0.717, 1.165) is 12.3 Å². The summed E-state index contributed by atoms with van der Waals surface area (Å²) in [6, 6.07) is 5.19. The number of rotatable bonds is 4. The summed E-state index contributed by atoms with van der Waals surface area (Å²) in [6.45, 7) is -0.441. The van der Waals surface area contributed by atoms with Crippen molar-refractivity contribution in [3.05, 3.63) is 47.5 Å². The van der Waals surface area contributed by atoms with Crippen LogP contribution < -0.4 is 5.32 Å². The molecule has 0 atom stereocenters. The third kappa shape index (κ3) is 3.88. The molecule has 1 aromatic carbocycles. The molecule has 0 saturated heterocycles. The second-order valence-corrected chi connectivity index (χ2v) is 4.17. The number of anilines is 2. The molecule has 0 aliphatic heterocycles. The predicted molar refractivity (Wildman–Crippen MR) is 67.5 cm³/mol. The van der Waals surface area contributed by atoms with Crippen LogP contribution in [0.2, 0.25) is 0 Å². The zero-order chi connectivity index (χ0) is 15.5. The molecule has 0 aliphatic rings. The normalized spacial score (nSPS) is 11.5. The van der Waals surface area contributed by atoms with E-state index in [9.17, 15) is 17.6 Å². The van der Waals surface area contributed by atoms with E-state index in [4.69, 9.17) is 5.11 Å². The van der Waals surface area contributed by atoms with E-state index < -0.39 is 24.3 Å². The minimum absolute atomic E-state index is 0.199. The fourth-order valence-corrected chi connectivity index (χ4v) is 1.71. The molecule has 21 heavy (non-hydrogen) atoms. The van der Waals surface area contributed by atoms with Crippen LogP contribution >= 0.6 is 0 Å². The molecule has 2 N–H and O–H groups in total. The summed E-state index contributed by atoms with van der Waals surface area (Å²) >= 11 is 0. The highest BCUT2D eigenvalue weighted by molar-refractivity contribution is 5.53. The van der Waals surface area contributed by atoms with E-state index in [2.05, 4.69) is 15.3 Å². The maximum atomic E-state index is 13.0. The van der Waals surface area contributed by atoms with Gasteiger partial charge in [-0.3, -0.25) is 0 Å². The van der Waals surface area contributed by atoms with Crippen LogP contribution in [-0.2, 0) is 12.6 Å². The SMILES string of the molecule is OCCc1cnc(Nc2cccc(F)c2)nc1C(F)(F)F. The van der Waals surface area contributed by atoms with Crippen molar-refractivity contribution < 1.29 is 22.7 Å². The van der Waals surface area contributed by atoms with Crippen molar-refractivity contribution >= 4 is 11.6 Å². The van der Waals surface area contributed by atoms with Crippen LogP contribution in [0.4, 0.5) is 29.2 Å². The van der Waals surface area contributed by atoms with Crippen LogP contribution in [0, 0.1) is 5.82 Å². The number of halogens is 4. The fraction of sp³-hybridized carbons (Fsp3) is 0.231. The van der Waals surface area contributed by atoms with Gasteiger partial charge < -0.3 is 10.4 Å². The summed E-state index contributed by atoms with van der Waals surface area (Å²) < 4.78 is 51.7. The minimum atomic E-state index is -4.66. The Labute approximate surface area is 117 Å². The fourth-order valence-electron chi connectivity index (χ4n) is 1.71. The maximum Gasteiger partial charge on any atom is 0.433 e. The van der Waals surface area contributed by atoms with Gasteiger partial charge in [-0.2, -0.15) is 13.2 Å². The molecule has 0 unspecified atom stereocenters. The first kappa shape index (κ1) is 15.2. The Balaban J connectivity index is 2.33. The number of alkyl halides is 3. The van der Waals surface area contributed by atoms with Gasteiger partial charge in [0.15, 0.2) is 5.69 Å². The number of aromatic nitrogens is 2. The molecule has 0 amide bonds. The highest BCUT2D eigenvalue weighted by atomic mass is 19.4. The molecule has 0 saturated carbocycles. The van der Waals surface area contributed by atoms with E-state index in [1.54, 1.807) is 0 Å². The third-order valence-electron chi connectivity index (χ3n) is 2.59. The molecule has 1 aromatic heterocycles. The van der Waals surface area contributed by atoms with E-state index in [-0.39, 0.29) is 23.6 Å². The maximum absolute atomic E-state index is 13.0. The highest BCUT2D eigenvalue weighted by Gasteiger charge is 2.35. The number of hydrogen-bond acceptors (Lipinski definition) is 4. The quantitative estimate of drug-likeness (QED) is 0.853. The number of aliphatic hydroxyl groups excluding tert-OH is 1. The Morgan fingerprint density at radius 2 is 2.00 bits per heavy atom. The van der Waals surface area contributed by atoms with Gasteiger partial charge in [0, 0.05) is 24.1 Å². The van der Waals surface area contributed by atoms with Crippen LogP contribution in [-0.4, -0.2) is 21.7 Å². The number of hydrogen-bond donors (Lipinski definition) is 2. The first-order chi connectivity index (χ1) is 9.90. The molecule has 2 aromatic rings. The third-order valence-corrected chi connectivity index (χ3v) is 2.59. The van der Waals surface area contributed by atoms with Crippen molar-refractivity contribution in [2.75, 3.05) is 11.9 Å². The Morgan fingerprint density at radius 1 is 1.24 bits per heavy atom. The molecule has 112 valence electrons. The van der Waals surface area contributed by atoms with Crippen molar-refractivity contribution in [3.63, 3.8) is 0 Å². The van der Waals surface area contributed by atoms with Gasteiger partial charge in [0.2, 0.25) is 5.95 Å². The van der Waals surface area contributed by atoms with Crippen molar-refractivity contribution in [2.24, 2.45) is 0 Å². The molecule has 8 heteroatoms. The van der Waals surface area contributed by atoms with Crippen LogP contribution in [0.25, 0.3) is 0 Å². The Bertz CT molecular complexity index is 631. The summed E-state index contributed by atoms with van der Waals surface area (Å²) in [5.41, 5.74) is -1.08. The van der Waals surface area contributed by atoms with Gasteiger partial charge >= 0.3 is 6.18 Å². The smallest absolute Gasteiger partial charge is 0.396 e. The van der Waals surface area contributed by atoms with Gasteiger partial charge in [0.25, 0.3) is 0 Å². The topological polar surface area (TPSA) is 58.0 Å². The lowest BCUT2D eigenvalue weighted by Crippen LogP contribution is -2.15. The zero-order valence-corrected chi connectivity index (χ0v) is 10.7. The average molecular weight is 301 g/mol. The minimum Gasteiger partial charge on any atom is -0.396 e. The van der Waals surface area contributed by atoms with E-state index in [1.807, 2.05) is 0 Å². The second kappa shape index (κ2) is 6.04. The van der Waals surface area contributed by atoms with Gasteiger partial charge in [-0.1, -0.05) is 6.07 Å². The molecular formula is C13H11F4N3O. The highest BCUT2D eigenvalue weighted by Crippen LogP contribution is 2.31. The molecule has 0 spiro atoms. The van der Waals surface area contributed by atoms with Gasteiger partial charge in [0.1, 0.15) is 5.82 Å². The van der Waals surface area contributed by atoms with Crippen LogP contribution in [0.1, 0.15) is 11.3 Å². The number of benzene rings is 1. The van der Waals surface area contributed by atoms with E-state index in [0.29, 0.717) is 0 Å². The lowest BCUT2D eigenvalue weighted by molar-refractivity contribution is -0.141. The standard InChI is InChI=1S/C13H11F4N3O/c14-9-2-1-3-10(6-9)19-12-18-7-8(4-5-21)11(20-12)13(15,16)17/h1-3,6-7,21H,4-5H2,(H,18,19,20). The summed E-state index contributed by atoms with van der Waals surface area (Å²) in [4.78, 5) is 7.15. The van der Waals surface area contributed by atoms with E-state index >= 15 is 0 Å². The first-order valence-corrected chi connectivity index (χ1v) is 5.96. The van der Waals surface area contributed by atoms with Crippen molar-refractivity contribution in [1.82, 2.24) is 9.97 Å². The average Bonchev–Trinajstić information content (AvgIpc) is 2.39. The Hall–Kier alpha value is -2.22. The summed E-state index contributed by atoms with van der Waals surface area (Å²) in [6.07, 6.45) is -3.87. The lowest BCUT2D eigenvalue weighted by atomic mass is 10.1. The molecule has 0 bridgehead atoms. The van der Waals surface area contributed by atoms with Crippen molar-refractivity contribution in [3.8, 4) is 0 Å². The summed E-state index contributed by atoms with van der Waals surface area (Å²) in [5.74, 6) is -0.831. The summed E-state index contributed by atoms with van der Waals surface area (Å²) in [7, 11) is 0. The Morgan fingerprint density at radius 3 is 2.62 bits per heavy atom. The zero-order valence-electron chi connectivity index (χ0n) is 10.7. The number of nitrogens with one attached hydrogen (secondary N) is 1. The van der Waals surface area contributed by atoms with Gasteiger partial charge in [0.05, 0.1) is 0 Å². The van der Waals surface area contributed by atoms with E-state index in [1.165, 1.54) is 18.2 Å². The molecule has 0 fully saturated rings. The van der Waals surface area contributed by atoms with Crippen LogP contribution in [0.3, 0.4) is 0 Å². The largest absolute Gasteiger partial charge is 0.433 e. The molecule has 2 rings (SSSR count). The molecular weight excluding hydrogens is 290 g/mol. The van der Waals surface area contributed by atoms with Crippen molar-refractivity contribution in [2.45, 2.75) is 12.6 Å². The van der Waals surface area contributed by atoms with Gasteiger partial charge in [-0.05, 0) is 24.6 Å². The lowest BCUT2D eigenvalue weighted by Gasteiger charge is -2.13. The van der Waals surface area contributed by atoms with Crippen molar-refractivity contribution in [1.29, 1.82) is 0 Å². The number of nitrogens with zero attached hydrogens (tertiary/aromatic N) is 2. The Kier molecular flexibility index (Phi) is 4.37. The predicted octanol–water partition coefficient (Wildman–Crippen LogP) is 2.91. The summed E-state index contributed by atoms with van der Waals surface area (Å²) in [5, 5.41) is 11.3. The second-order valence-electron chi connectivity index (χ2n) is 4.17. The monoisotopic (exact) mass is 301 g/mol. The van der Waals surface area contributed by atoms with Crippen LogP contribution in [0.5, 0.6) is 0 Å². The molecule has 1 heterocycles. The molecule has 0 aliphatic carbocycles. The molecule has 0 radical (unpaired) electrons. The first-order valence-electron chi connectivity index (χ1n) is 5.96. The number of aliphatic hydroxyl groups is 1. The van der Waals surface area contributed by atoms with Crippen LogP contribution in [0.15, 0.2) is 30.5 Å².